The van der Waals surface area contributed by atoms with Gasteiger partial charge in [0, 0.05) is 0 Å². The number of nitriles is 1. The highest BCUT2D eigenvalue weighted by atomic mass is 16.5. The fraction of sp³-hybridized carbons (Fsp3) is 0.125. The number of esters is 1. The highest BCUT2D eigenvalue weighted by Gasteiger charge is 2.03. The second-order valence-corrected chi connectivity index (χ2v) is 4.14. The van der Waals surface area contributed by atoms with Crippen LogP contribution in [0.2, 0.25) is 0 Å². The van der Waals surface area contributed by atoms with E-state index in [1.165, 1.54) is 7.11 Å². The molecule has 0 radical (unpaired) electrons. The summed E-state index contributed by atoms with van der Waals surface area (Å²) in [5.74, 6) is 1.05. The maximum atomic E-state index is 11.1. The second kappa shape index (κ2) is 6.39. The molecular weight excluding hydrogens is 254 g/mol. The predicted octanol–water partition coefficient (Wildman–Crippen LogP) is 3.07. The summed E-state index contributed by atoms with van der Waals surface area (Å²) in [4.78, 5) is 11.1. The van der Waals surface area contributed by atoms with Gasteiger partial charge in [0.25, 0.3) is 0 Å². The largest absolute Gasteiger partial charge is 0.469 e. The van der Waals surface area contributed by atoms with Gasteiger partial charge in [-0.05, 0) is 42.0 Å². The van der Waals surface area contributed by atoms with Crippen molar-refractivity contribution < 1.29 is 14.3 Å². The lowest BCUT2D eigenvalue weighted by molar-refractivity contribution is -0.139. The summed E-state index contributed by atoms with van der Waals surface area (Å²) < 4.78 is 10.2. The molecule has 0 bridgehead atoms. The number of rotatable bonds is 4. The molecule has 20 heavy (non-hydrogen) atoms. The van der Waals surface area contributed by atoms with Gasteiger partial charge in [0.2, 0.25) is 0 Å². The summed E-state index contributed by atoms with van der Waals surface area (Å²) in [6.45, 7) is 0. The Hall–Kier alpha value is -2.80. The smallest absolute Gasteiger partial charge is 0.309 e. The summed E-state index contributed by atoms with van der Waals surface area (Å²) in [6, 6.07) is 16.1. The molecular formula is C16H13NO3. The Labute approximate surface area is 117 Å². The van der Waals surface area contributed by atoms with Gasteiger partial charge in [-0.2, -0.15) is 5.26 Å². The zero-order chi connectivity index (χ0) is 14.4. The van der Waals surface area contributed by atoms with E-state index in [9.17, 15) is 4.79 Å². The van der Waals surface area contributed by atoms with Gasteiger partial charge in [0.15, 0.2) is 0 Å². The number of carbonyl (C=O) groups is 1. The van der Waals surface area contributed by atoms with E-state index in [2.05, 4.69) is 4.74 Å². The van der Waals surface area contributed by atoms with Crippen molar-refractivity contribution in [3.63, 3.8) is 0 Å². The lowest BCUT2D eigenvalue weighted by Gasteiger charge is -2.06. The van der Waals surface area contributed by atoms with Crippen LogP contribution >= 0.6 is 0 Å². The van der Waals surface area contributed by atoms with Gasteiger partial charge in [0.05, 0.1) is 25.2 Å². The molecule has 0 aliphatic heterocycles. The first-order chi connectivity index (χ1) is 9.71. The van der Waals surface area contributed by atoms with Crippen molar-refractivity contribution in [2.24, 2.45) is 0 Å². The number of hydrogen-bond acceptors (Lipinski definition) is 4. The van der Waals surface area contributed by atoms with E-state index in [0.29, 0.717) is 17.1 Å². The molecule has 0 saturated heterocycles. The number of carbonyl (C=O) groups excluding carboxylic acids is 1. The average Bonchev–Trinajstić information content (AvgIpc) is 2.50. The minimum absolute atomic E-state index is 0.244. The number of ether oxygens (including phenoxy) is 2. The summed E-state index contributed by atoms with van der Waals surface area (Å²) in [5, 5.41) is 8.71. The Kier molecular flexibility index (Phi) is 4.35. The fourth-order valence-corrected chi connectivity index (χ4v) is 1.65. The molecule has 0 unspecified atom stereocenters. The number of hydrogen-bond donors (Lipinski definition) is 0. The van der Waals surface area contributed by atoms with Crippen LogP contribution < -0.4 is 4.74 Å². The Morgan fingerprint density at radius 2 is 1.60 bits per heavy atom. The van der Waals surface area contributed by atoms with Crippen molar-refractivity contribution in [1.82, 2.24) is 0 Å². The molecule has 0 saturated carbocycles. The maximum Gasteiger partial charge on any atom is 0.309 e. The second-order valence-electron chi connectivity index (χ2n) is 4.14. The van der Waals surface area contributed by atoms with E-state index in [1.807, 2.05) is 18.2 Å². The minimum atomic E-state index is -0.272. The molecule has 0 spiro atoms. The van der Waals surface area contributed by atoms with Gasteiger partial charge in [-0.25, -0.2) is 0 Å². The van der Waals surface area contributed by atoms with Gasteiger partial charge in [-0.1, -0.05) is 12.1 Å². The van der Waals surface area contributed by atoms with E-state index in [4.69, 9.17) is 10.00 Å². The monoisotopic (exact) mass is 267 g/mol. The van der Waals surface area contributed by atoms with E-state index in [-0.39, 0.29) is 12.4 Å². The summed E-state index contributed by atoms with van der Waals surface area (Å²) in [7, 11) is 1.37. The van der Waals surface area contributed by atoms with Crippen molar-refractivity contribution in [1.29, 1.82) is 5.26 Å². The van der Waals surface area contributed by atoms with Crippen molar-refractivity contribution in [2.75, 3.05) is 7.11 Å². The molecule has 2 aromatic carbocycles. The molecule has 2 aromatic rings. The molecule has 0 atom stereocenters. The van der Waals surface area contributed by atoms with Gasteiger partial charge < -0.3 is 9.47 Å². The van der Waals surface area contributed by atoms with Gasteiger partial charge in [-0.3, -0.25) is 4.79 Å². The van der Waals surface area contributed by atoms with Crippen LogP contribution in [0.25, 0.3) is 0 Å². The SMILES string of the molecule is COC(=O)Cc1ccc(Oc2ccc(C#N)cc2)cc1. The number of methoxy groups -OCH3 is 1. The number of benzene rings is 2. The van der Waals surface area contributed by atoms with Crippen LogP contribution in [-0.4, -0.2) is 13.1 Å². The zero-order valence-electron chi connectivity index (χ0n) is 11.0. The fourth-order valence-electron chi connectivity index (χ4n) is 1.65. The van der Waals surface area contributed by atoms with E-state index >= 15 is 0 Å². The summed E-state index contributed by atoms with van der Waals surface area (Å²) in [6.07, 6.45) is 0.244. The molecule has 0 aliphatic rings. The van der Waals surface area contributed by atoms with Gasteiger partial charge in [-0.15, -0.1) is 0 Å². The molecule has 0 fully saturated rings. The highest BCUT2D eigenvalue weighted by Crippen LogP contribution is 2.22. The van der Waals surface area contributed by atoms with Crippen LogP contribution in [0.4, 0.5) is 0 Å². The summed E-state index contributed by atoms with van der Waals surface area (Å²) in [5.41, 5.74) is 1.45. The molecule has 0 N–H and O–H groups in total. The van der Waals surface area contributed by atoms with Gasteiger partial charge in [0.1, 0.15) is 11.5 Å². The van der Waals surface area contributed by atoms with Crippen molar-refractivity contribution in [3.8, 4) is 17.6 Å². The molecule has 0 amide bonds. The van der Waals surface area contributed by atoms with E-state index < -0.39 is 0 Å². The van der Waals surface area contributed by atoms with Crippen molar-refractivity contribution in [2.45, 2.75) is 6.42 Å². The van der Waals surface area contributed by atoms with Crippen LogP contribution in [0.3, 0.4) is 0 Å². The van der Waals surface area contributed by atoms with E-state index in [1.54, 1.807) is 36.4 Å². The maximum absolute atomic E-state index is 11.1. The third kappa shape index (κ3) is 3.59. The first-order valence-electron chi connectivity index (χ1n) is 6.05. The number of nitrogens with zero attached hydrogens (tertiary/aromatic N) is 1. The predicted molar refractivity (Wildman–Crippen MR) is 73.4 cm³/mol. The minimum Gasteiger partial charge on any atom is -0.469 e. The van der Waals surface area contributed by atoms with Crippen molar-refractivity contribution in [3.05, 3.63) is 59.7 Å². The molecule has 0 aromatic heterocycles. The third-order valence-electron chi connectivity index (χ3n) is 2.72. The molecule has 4 nitrogen and oxygen atoms in total. The normalized spacial score (nSPS) is 9.60. The Balaban J connectivity index is 2.03. The Bertz CT molecular complexity index is 624. The summed E-state index contributed by atoms with van der Waals surface area (Å²) >= 11 is 0. The molecule has 4 heteroatoms. The molecule has 100 valence electrons. The average molecular weight is 267 g/mol. The molecule has 0 aliphatic carbocycles. The Morgan fingerprint density at radius 3 is 2.10 bits per heavy atom. The first-order valence-corrected chi connectivity index (χ1v) is 6.05. The molecule has 0 heterocycles. The lowest BCUT2D eigenvalue weighted by Crippen LogP contribution is -2.04. The zero-order valence-corrected chi connectivity index (χ0v) is 11.0. The first kappa shape index (κ1) is 13.6. The Morgan fingerprint density at radius 1 is 1.05 bits per heavy atom. The van der Waals surface area contributed by atoms with Crippen LogP contribution in [0, 0.1) is 11.3 Å². The van der Waals surface area contributed by atoms with Crippen LogP contribution in [0.15, 0.2) is 48.5 Å². The lowest BCUT2D eigenvalue weighted by atomic mass is 10.1. The molecule has 2 rings (SSSR count). The standard InChI is InChI=1S/C16H13NO3/c1-19-16(18)10-12-2-6-14(7-3-12)20-15-8-4-13(11-17)5-9-15/h2-9H,10H2,1H3. The van der Waals surface area contributed by atoms with Gasteiger partial charge >= 0.3 is 5.97 Å². The van der Waals surface area contributed by atoms with Crippen LogP contribution in [0.1, 0.15) is 11.1 Å². The third-order valence-corrected chi connectivity index (χ3v) is 2.72. The van der Waals surface area contributed by atoms with Crippen LogP contribution in [0.5, 0.6) is 11.5 Å². The van der Waals surface area contributed by atoms with Crippen LogP contribution in [-0.2, 0) is 16.0 Å². The van der Waals surface area contributed by atoms with Crippen molar-refractivity contribution >= 4 is 5.97 Å². The quantitative estimate of drug-likeness (QED) is 0.799. The topological polar surface area (TPSA) is 59.3 Å². The highest BCUT2D eigenvalue weighted by molar-refractivity contribution is 5.72. The van der Waals surface area contributed by atoms with E-state index in [0.717, 1.165) is 5.56 Å².